The standard InChI is InChI=1S/C7H4ClF4N/c8-5-2-1-4(3-13-5)6(9)7(10,11)12/h1-3,6H. The van der Waals surface area contributed by atoms with Gasteiger partial charge in [0.15, 0.2) is 0 Å². The van der Waals surface area contributed by atoms with Crippen LogP contribution in [0.25, 0.3) is 0 Å². The molecule has 1 nitrogen and oxygen atoms in total. The molecule has 0 aliphatic heterocycles. The van der Waals surface area contributed by atoms with E-state index >= 15 is 0 Å². The molecule has 1 atom stereocenters. The van der Waals surface area contributed by atoms with Gasteiger partial charge >= 0.3 is 6.18 Å². The molecule has 6 heteroatoms. The Morgan fingerprint density at radius 1 is 1.31 bits per heavy atom. The zero-order chi connectivity index (χ0) is 10.1. The van der Waals surface area contributed by atoms with Crippen molar-refractivity contribution in [2.75, 3.05) is 0 Å². The Morgan fingerprint density at radius 3 is 2.31 bits per heavy atom. The van der Waals surface area contributed by atoms with Crippen LogP contribution in [0.5, 0.6) is 0 Å². The van der Waals surface area contributed by atoms with E-state index in [2.05, 4.69) is 4.98 Å². The van der Waals surface area contributed by atoms with Crippen LogP contribution in [0.15, 0.2) is 18.3 Å². The average Bonchev–Trinajstić information content (AvgIpc) is 2.03. The van der Waals surface area contributed by atoms with Crippen LogP contribution in [0.2, 0.25) is 5.15 Å². The maximum Gasteiger partial charge on any atom is 0.423 e. The first-order valence-corrected chi connectivity index (χ1v) is 3.61. The lowest BCUT2D eigenvalue weighted by Crippen LogP contribution is -2.16. The highest BCUT2D eigenvalue weighted by atomic mass is 35.5. The van der Waals surface area contributed by atoms with Gasteiger partial charge in [-0.15, -0.1) is 0 Å². The van der Waals surface area contributed by atoms with Crippen LogP contribution in [-0.2, 0) is 0 Å². The molecule has 0 amide bonds. The number of alkyl halides is 4. The van der Waals surface area contributed by atoms with Gasteiger partial charge in [0.1, 0.15) is 5.15 Å². The Kier molecular flexibility index (Phi) is 2.75. The van der Waals surface area contributed by atoms with Gasteiger partial charge in [0.25, 0.3) is 0 Å². The van der Waals surface area contributed by atoms with E-state index in [0.29, 0.717) is 0 Å². The second kappa shape index (κ2) is 3.49. The molecule has 13 heavy (non-hydrogen) atoms. The smallest absolute Gasteiger partial charge is 0.244 e. The predicted molar refractivity (Wildman–Crippen MR) is 39.2 cm³/mol. The van der Waals surface area contributed by atoms with Gasteiger partial charge in [0, 0.05) is 11.8 Å². The molecule has 1 aromatic rings. The summed E-state index contributed by atoms with van der Waals surface area (Å²) in [6, 6.07) is 2.06. The number of hydrogen-bond donors (Lipinski definition) is 0. The largest absolute Gasteiger partial charge is 0.423 e. The molecule has 0 N–H and O–H groups in total. The molecule has 1 rings (SSSR count). The first-order valence-electron chi connectivity index (χ1n) is 3.23. The van der Waals surface area contributed by atoms with Gasteiger partial charge in [-0.2, -0.15) is 13.2 Å². The third-order valence-corrected chi connectivity index (χ3v) is 1.55. The first-order chi connectivity index (χ1) is 5.91. The molecule has 0 saturated heterocycles. The van der Waals surface area contributed by atoms with E-state index in [9.17, 15) is 17.6 Å². The maximum absolute atomic E-state index is 12.6. The van der Waals surface area contributed by atoms with Crippen LogP contribution >= 0.6 is 11.6 Å². The Balaban J connectivity index is 2.90. The molecule has 0 aromatic carbocycles. The van der Waals surface area contributed by atoms with Crippen molar-refractivity contribution in [3.63, 3.8) is 0 Å². The fourth-order valence-corrected chi connectivity index (χ4v) is 0.838. The molecule has 0 spiro atoms. The van der Waals surface area contributed by atoms with Gasteiger partial charge in [-0.3, -0.25) is 0 Å². The van der Waals surface area contributed by atoms with Crippen molar-refractivity contribution >= 4 is 11.6 Å². The SMILES string of the molecule is FC(c1ccc(Cl)nc1)C(F)(F)F. The summed E-state index contributed by atoms with van der Waals surface area (Å²) in [5, 5.41) is 0.0260. The maximum atomic E-state index is 12.6. The van der Waals surface area contributed by atoms with Gasteiger partial charge < -0.3 is 0 Å². The number of hydrogen-bond acceptors (Lipinski definition) is 1. The monoisotopic (exact) mass is 213 g/mol. The van der Waals surface area contributed by atoms with Crippen molar-refractivity contribution in [3.8, 4) is 0 Å². The molecule has 1 heterocycles. The van der Waals surface area contributed by atoms with Gasteiger partial charge in [0.05, 0.1) is 0 Å². The third-order valence-electron chi connectivity index (χ3n) is 1.33. The summed E-state index contributed by atoms with van der Waals surface area (Å²) in [5.41, 5.74) is -0.545. The first kappa shape index (κ1) is 10.2. The Bertz CT molecular complexity index is 282. The summed E-state index contributed by atoms with van der Waals surface area (Å²) in [6.07, 6.45) is -7.13. The second-order valence-corrected chi connectivity index (χ2v) is 2.71. The summed E-state index contributed by atoms with van der Waals surface area (Å²) in [5.74, 6) is 0. The van der Waals surface area contributed by atoms with Crippen molar-refractivity contribution in [1.29, 1.82) is 0 Å². The van der Waals surface area contributed by atoms with E-state index in [1.54, 1.807) is 0 Å². The lowest BCUT2D eigenvalue weighted by Gasteiger charge is -2.11. The van der Waals surface area contributed by atoms with Crippen LogP contribution < -0.4 is 0 Å². The van der Waals surface area contributed by atoms with Crippen molar-refractivity contribution in [1.82, 2.24) is 4.98 Å². The highest BCUT2D eigenvalue weighted by Gasteiger charge is 2.41. The second-order valence-electron chi connectivity index (χ2n) is 2.32. The highest BCUT2D eigenvalue weighted by Crippen LogP contribution is 2.35. The van der Waals surface area contributed by atoms with E-state index in [4.69, 9.17) is 11.6 Å². The van der Waals surface area contributed by atoms with E-state index < -0.39 is 17.9 Å². The van der Waals surface area contributed by atoms with E-state index in [1.807, 2.05) is 0 Å². The summed E-state index contributed by atoms with van der Waals surface area (Å²) >= 11 is 5.32. The number of pyridine rings is 1. The minimum absolute atomic E-state index is 0.0260. The fraction of sp³-hybridized carbons (Fsp3) is 0.286. The van der Waals surface area contributed by atoms with Crippen molar-refractivity contribution in [3.05, 3.63) is 29.0 Å². The van der Waals surface area contributed by atoms with Crippen LogP contribution in [0.4, 0.5) is 17.6 Å². The average molecular weight is 214 g/mol. The lowest BCUT2D eigenvalue weighted by molar-refractivity contribution is -0.182. The molecular weight excluding hydrogens is 210 g/mol. The predicted octanol–water partition coefficient (Wildman–Crippen LogP) is 3.31. The van der Waals surface area contributed by atoms with E-state index in [1.165, 1.54) is 0 Å². The van der Waals surface area contributed by atoms with Gasteiger partial charge in [0.2, 0.25) is 6.17 Å². The van der Waals surface area contributed by atoms with Crippen molar-refractivity contribution in [2.45, 2.75) is 12.3 Å². The van der Waals surface area contributed by atoms with Gasteiger partial charge in [-0.05, 0) is 6.07 Å². The summed E-state index contributed by atoms with van der Waals surface area (Å²) in [6.45, 7) is 0. The van der Waals surface area contributed by atoms with Crippen LogP contribution in [0.1, 0.15) is 11.7 Å². The van der Waals surface area contributed by atoms with E-state index in [-0.39, 0.29) is 5.15 Å². The lowest BCUT2D eigenvalue weighted by atomic mass is 10.2. The quantitative estimate of drug-likeness (QED) is 0.515. The van der Waals surface area contributed by atoms with E-state index in [0.717, 1.165) is 18.3 Å². The normalized spacial score (nSPS) is 14.2. The molecule has 0 fully saturated rings. The molecular formula is C7H4ClF4N. The molecule has 1 aromatic heterocycles. The Labute approximate surface area is 76.3 Å². The number of nitrogens with zero attached hydrogens (tertiary/aromatic N) is 1. The molecule has 0 radical (unpaired) electrons. The minimum atomic E-state index is -4.89. The van der Waals surface area contributed by atoms with Crippen LogP contribution in [-0.4, -0.2) is 11.2 Å². The zero-order valence-electron chi connectivity index (χ0n) is 6.15. The highest BCUT2D eigenvalue weighted by molar-refractivity contribution is 6.29. The fourth-order valence-electron chi connectivity index (χ4n) is 0.726. The minimum Gasteiger partial charge on any atom is -0.244 e. The number of rotatable bonds is 1. The topological polar surface area (TPSA) is 12.9 Å². The molecule has 1 unspecified atom stereocenters. The van der Waals surface area contributed by atoms with Gasteiger partial charge in [-0.1, -0.05) is 17.7 Å². The summed E-state index contributed by atoms with van der Waals surface area (Å²) in [4.78, 5) is 3.34. The van der Waals surface area contributed by atoms with Gasteiger partial charge in [-0.25, -0.2) is 9.37 Å². The molecule has 0 aliphatic rings. The van der Waals surface area contributed by atoms with Crippen LogP contribution in [0, 0.1) is 0 Å². The van der Waals surface area contributed by atoms with Crippen LogP contribution in [0.3, 0.4) is 0 Å². The van der Waals surface area contributed by atoms with Crippen molar-refractivity contribution in [2.24, 2.45) is 0 Å². The summed E-state index contributed by atoms with van der Waals surface area (Å²) in [7, 11) is 0. The zero-order valence-corrected chi connectivity index (χ0v) is 6.90. The third kappa shape index (κ3) is 2.55. The number of aromatic nitrogens is 1. The summed E-state index contributed by atoms with van der Waals surface area (Å²) < 4.78 is 48.0. The molecule has 0 saturated carbocycles. The van der Waals surface area contributed by atoms with Crippen molar-refractivity contribution < 1.29 is 17.6 Å². The molecule has 72 valence electrons. The molecule has 0 aliphatic carbocycles. The Morgan fingerprint density at radius 2 is 1.92 bits per heavy atom. The molecule has 0 bridgehead atoms. The Hall–Kier alpha value is -0.840. The number of halogens is 5.